The third kappa shape index (κ3) is 3.20. The van der Waals surface area contributed by atoms with Crippen molar-refractivity contribution in [3.8, 4) is 0 Å². The highest BCUT2D eigenvalue weighted by Gasteiger charge is 2.38. The molecule has 28 heavy (non-hydrogen) atoms. The Morgan fingerprint density at radius 2 is 1.96 bits per heavy atom. The number of nitrogens with one attached hydrogen (secondary N) is 1. The first-order chi connectivity index (χ1) is 13.3. The highest BCUT2D eigenvalue weighted by Crippen LogP contribution is 2.42. The summed E-state index contributed by atoms with van der Waals surface area (Å²) in [5.41, 5.74) is 2.70. The van der Waals surface area contributed by atoms with Gasteiger partial charge in [-0.1, -0.05) is 35.8 Å². The molecule has 0 saturated carbocycles. The number of H-pyrrole nitrogens is 1. The van der Waals surface area contributed by atoms with Crippen molar-refractivity contribution < 1.29 is 13.2 Å². The molecule has 7 heteroatoms. The SMILES string of the molecule is CC(C)CN1C(c2c(F)cc(Br)cc2F)c2ccc3[nH]c(=O)oc3c2C[C@H]1C. The van der Waals surface area contributed by atoms with Crippen LogP contribution in [0.5, 0.6) is 0 Å². The molecule has 3 aromatic rings. The molecule has 0 radical (unpaired) electrons. The maximum absolute atomic E-state index is 15.0. The van der Waals surface area contributed by atoms with E-state index < -0.39 is 23.4 Å². The molecule has 1 aliphatic rings. The predicted molar refractivity (Wildman–Crippen MR) is 107 cm³/mol. The van der Waals surface area contributed by atoms with Crippen molar-refractivity contribution in [2.45, 2.75) is 39.3 Å². The fourth-order valence-corrected chi connectivity index (χ4v) is 4.64. The smallest absolute Gasteiger partial charge is 0.408 e. The van der Waals surface area contributed by atoms with Gasteiger partial charge in [-0.2, -0.15) is 0 Å². The van der Waals surface area contributed by atoms with Crippen molar-refractivity contribution in [2.75, 3.05) is 6.54 Å². The van der Waals surface area contributed by atoms with Crippen LogP contribution in [0.4, 0.5) is 8.78 Å². The van der Waals surface area contributed by atoms with Crippen molar-refractivity contribution in [1.82, 2.24) is 9.88 Å². The number of hydrogen-bond acceptors (Lipinski definition) is 3. The summed E-state index contributed by atoms with van der Waals surface area (Å²) in [6.07, 6.45) is 0.635. The molecule has 4 rings (SSSR count). The molecule has 2 atom stereocenters. The van der Waals surface area contributed by atoms with Crippen molar-refractivity contribution in [1.29, 1.82) is 0 Å². The highest BCUT2D eigenvalue weighted by molar-refractivity contribution is 9.10. The van der Waals surface area contributed by atoms with Gasteiger partial charge in [0.25, 0.3) is 0 Å². The van der Waals surface area contributed by atoms with E-state index in [9.17, 15) is 13.6 Å². The van der Waals surface area contributed by atoms with E-state index in [2.05, 4.69) is 39.7 Å². The number of aromatic amines is 1. The van der Waals surface area contributed by atoms with Crippen LogP contribution < -0.4 is 5.76 Å². The second-order valence-electron chi connectivity index (χ2n) is 7.85. The lowest BCUT2D eigenvalue weighted by Crippen LogP contribution is -2.45. The minimum atomic E-state index is -0.598. The molecule has 0 bridgehead atoms. The molecule has 0 amide bonds. The van der Waals surface area contributed by atoms with E-state index in [1.807, 2.05) is 13.0 Å². The number of fused-ring (bicyclic) bond motifs is 3. The zero-order valence-electron chi connectivity index (χ0n) is 15.9. The van der Waals surface area contributed by atoms with Gasteiger partial charge >= 0.3 is 5.76 Å². The lowest BCUT2D eigenvalue weighted by molar-refractivity contribution is 0.128. The minimum absolute atomic E-state index is 0.0214. The van der Waals surface area contributed by atoms with Gasteiger partial charge in [0.15, 0.2) is 5.58 Å². The Hall–Kier alpha value is -1.99. The number of halogens is 3. The van der Waals surface area contributed by atoms with Gasteiger partial charge in [0.1, 0.15) is 11.6 Å². The van der Waals surface area contributed by atoms with Gasteiger partial charge in [0.2, 0.25) is 0 Å². The maximum atomic E-state index is 15.0. The largest absolute Gasteiger partial charge is 0.417 e. The van der Waals surface area contributed by atoms with Crippen LogP contribution >= 0.6 is 15.9 Å². The fraction of sp³-hybridized carbons (Fsp3) is 0.381. The van der Waals surface area contributed by atoms with Crippen LogP contribution in [-0.4, -0.2) is 22.5 Å². The molecule has 1 unspecified atom stereocenters. The Balaban J connectivity index is 2.00. The first-order valence-electron chi connectivity index (χ1n) is 9.31. The first kappa shape index (κ1) is 19.3. The molecule has 0 spiro atoms. The molecule has 1 aliphatic heterocycles. The molecular formula is C21H21BrF2N2O2. The van der Waals surface area contributed by atoms with E-state index in [4.69, 9.17) is 4.42 Å². The number of oxazole rings is 1. The van der Waals surface area contributed by atoms with Crippen LogP contribution in [0.3, 0.4) is 0 Å². The summed E-state index contributed by atoms with van der Waals surface area (Å²) in [5, 5.41) is 0. The summed E-state index contributed by atoms with van der Waals surface area (Å²) in [6, 6.07) is 5.59. The molecule has 1 N–H and O–H groups in total. The third-order valence-corrected chi connectivity index (χ3v) is 5.77. The van der Waals surface area contributed by atoms with E-state index in [1.54, 1.807) is 6.07 Å². The highest BCUT2D eigenvalue weighted by atomic mass is 79.9. The summed E-state index contributed by atoms with van der Waals surface area (Å²) >= 11 is 3.16. The number of benzene rings is 2. The summed E-state index contributed by atoms with van der Waals surface area (Å²) < 4.78 is 35.7. The minimum Gasteiger partial charge on any atom is -0.408 e. The molecule has 1 aromatic heterocycles. The van der Waals surface area contributed by atoms with Gasteiger partial charge < -0.3 is 4.42 Å². The summed E-state index contributed by atoms with van der Waals surface area (Å²) in [4.78, 5) is 16.5. The lowest BCUT2D eigenvalue weighted by Gasteiger charge is -2.43. The average Bonchev–Trinajstić information content (AvgIpc) is 2.97. The Morgan fingerprint density at radius 1 is 1.29 bits per heavy atom. The summed E-state index contributed by atoms with van der Waals surface area (Å²) in [6.45, 7) is 6.90. The Morgan fingerprint density at radius 3 is 2.61 bits per heavy atom. The van der Waals surface area contributed by atoms with Gasteiger partial charge in [-0.05, 0) is 43.0 Å². The Bertz CT molecular complexity index is 1080. The number of rotatable bonds is 3. The second kappa shape index (κ2) is 7.12. The standard InChI is InChI=1S/C21H21BrF2N2O2/c1-10(2)9-26-11(3)6-14-13(4-5-17-20(14)28-21(27)25-17)19(26)18-15(23)7-12(22)8-16(18)24/h4-5,7-8,10-11,19H,6,9H2,1-3H3,(H,25,27)/t11-,19?/m1/s1. The normalized spacial score (nSPS) is 20.1. The molecular weight excluding hydrogens is 430 g/mol. The van der Waals surface area contributed by atoms with Gasteiger partial charge in [-0.3, -0.25) is 9.88 Å². The van der Waals surface area contributed by atoms with Gasteiger partial charge in [-0.25, -0.2) is 13.6 Å². The Kier molecular flexibility index (Phi) is 4.91. The van der Waals surface area contributed by atoms with Crippen LogP contribution in [-0.2, 0) is 6.42 Å². The Labute approximate surface area is 169 Å². The van der Waals surface area contributed by atoms with E-state index in [-0.39, 0.29) is 11.6 Å². The molecule has 2 heterocycles. The zero-order chi connectivity index (χ0) is 20.2. The molecule has 2 aromatic carbocycles. The van der Waals surface area contributed by atoms with Crippen molar-refractivity contribution in [3.63, 3.8) is 0 Å². The summed E-state index contributed by atoms with van der Waals surface area (Å²) in [7, 11) is 0. The van der Waals surface area contributed by atoms with Crippen LogP contribution in [0.2, 0.25) is 0 Å². The van der Waals surface area contributed by atoms with Crippen molar-refractivity contribution >= 4 is 27.0 Å². The van der Waals surface area contributed by atoms with Crippen molar-refractivity contribution in [2.24, 2.45) is 5.92 Å². The quantitative estimate of drug-likeness (QED) is 0.599. The summed E-state index contributed by atoms with van der Waals surface area (Å²) in [5.74, 6) is -1.40. The molecule has 0 fully saturated rings. The van der Waals surface area contributed by atoms with E-state index >= 15 is 0 Å². The third-order valence-electron chi connectivity index (χ3n) is 5.31. The van der Waals surface area contributed by atoms with Gasteiger partial charge in [-0.15, -0.1) is 0 Å². The number of aromatic nitrogens is 1. The monoisotopic (exact) mass is 450 g/mol. The second-order valence-corrected chi connectivity index (χ2v) is 8.77. The van der Waals surface area contributed by atoms with Crippen LogP contribution in [0.15, 0.2) is 37.9 Å². The fourth-order valence-electron chi connectivity index (χ4n) is 4.24. The van der Waals surface area contributed by atoms with Gasteiger partial charge in [0, 0.05) is 28.2 Å². The van der Waals surface area contributed by atoms with Crippen LogP contribution in [0, 0.1) is 17.6 Å². The van der Waals surface area contributed by atoms with E-state index in [0.29, 0.717) is 34.5 Å². The zero-order valence-corrected chi connectivity index (χ0v) is 17.4. The van der Waals surface area contributed by atoms with Gasteiger partial charge in [0.05, 0.1) is 11.6 Å². The molecule has 4 nitrogen and oxygen atoms in total. The molecule has 148 valence electrons. The number of hydrogen-bond donors (Lipinski definition) is 1. The molecule has 0 aliphatic carbocycles. The van der Waals surface area contributed by atoms with E-state index in [1.165, 1.54) is 12.1 Å². The average molecular weight is 451 g/mol. The number of nitrogens with zero attached hydrogens (tertiary/aromatic N) is 1. The first-order valence-corrected chi connectivity index (χ1v) is 10.1. The van der Waals surface area contributed by atoms with Crippen LogP contribution in [0.25, 0.3) is 11.1 Å². The predicted octanol–water partition coefficient (Wildman–Crippen LogP) is 5.15. The topological polar surface area (TPSA) is 49.2 Å². The van der Waals surface area contributed by atoms with E-state index in [0.717, 1.165) is 11.1 Å². The molecule has 0 saturated heterocycles. The van der Waals surface area contributed by atoms with Crippen molar-refractivity contribution in [3.05, 3.63) is 67.6 Å². The van der Waals surface area contributed by atoms with Crippen LogP contribution in [0.1, 0.15) is 43.5 Å². The lowest BCUT2D eigenvalue weighted by atomic mass is 9.83. The maximum Gasteiger partial charge on any atom is 0.417 e.